The fraction of sp³-hybridized carbons (Fsp3) is 0.500. The minimum Gasteiger partial charge on any atom is -0.290 e. The molecule has 1 amide bonds. The molecule has 0 fully saturated rings. The van der Waals surface area contributed by atoms with Gasteiger partial charge in [-0.3, -0.25) is 9.69 Å². The Morgan fingerprint density at radius 1 is 1.55 bits per heavy atom. The second-order valence-electron chi connectivity index (χ2n) is 2.18. The van der Waals surface area contributed by atoms with Crippen molar-refractivity contribution in [3.63, 3.8) is 0 Å². The number of rotatable bonds is 1. The molecule has 0 aliphatic heterocycles. The Kier molecular flexibility index (Phi) is 2.19. The van der Waals surface area contributed by atoms with Crippen LogP contribution in [0.3, 0.4) is 0 Å². The lowest BCUT2D eigenvalue weighted by molar-refractivity contribution is -0.116. The number of carbonyl (C=O) groups excluding carboxylic acids is 1. The van der Waals surface area contributed by atoms with E-state index in [1.807, 2.05) is 6.92 Å². The third-order valence-electron chi connectivity index (χ3n) is 1.27. The zero-order valence-corrected chi connectivity index (χ0v) is 7.47. The molecule has 0 atom stereocenters. The highest BCUT2D eigenvalue weighted by Gasteiger charge is 2.09. The molecule has 0 spiro atoms. The second kappa shape index (κ2) is 2.96. The van der Waals surface area contributed by atoms with Crippen molar-refractivity contribution >= 4 is 22.4 Å². The average molecular weight is 171 g/mol. The third-order valence-corrected chi connectivity index (χ3v) is 2.19. The van der Waals surface area contributed by atoms with Gasteiger partial charge in [0.25, 0.3) is 0 Å². The zero-order valence-electron chi connectivity index (χ0n) is 6.66. The number of amides is 1. The van der Waals surface area contributed by atoms with E-state index < -0.39 is 0 Å². The fourth-order valence-corrected chi connectivity index (χ4v) is 1.25. The van der Waals surface area contributed by atoms with Crippen LogP contribution in [0.1, 0.15) is 11.9 Å². The Hall–Kier alpha value is -0.970. The van der Waals surface area contributed by atoms with E-state index in [9.17, 15) is 4.79 Å². The molecule has 1 heterocycles. The summed E-state index contributed by atoms with van der Waals surface area (Å²) in [5, 5.41) is 9.12. The highest BCUT2D eigenvalue weighted by Crippen LogP contribution is 2.17. The third kappa shape index (κ3) is 1.74. The standard InChI is InChI=1S/C6H9N3OS/c1-4-7-8-6(11-4)9(3)5(2)10/h1-3H3. The van der Waals surface area contributed by atoms with Crippen LogP contribution in [0.4, 0.5) is 5.13 Å². The van der Waals surface area contributed by atoms with Crippen molar-refractivity contribution in [3.05, 3.63) is 5.01 Å². The molecule has 1 rings (SSSR count). The van der Waals surface area contributed by atoms with Gasteiger partial charge in [0.15, 0.2) is 0 Å². The predicted octanol–water partition coefficient (Wildman–Crippen LogP) is 0.829. The normalized spacial score (nSPS) is 9.73. The lowest BCUT2D eigenvalue weighted by atomic mass is 10.6. The van der Waals surface area contributed by atoms with Gasteiger partial charge >= 0.3 is 0 Å². The van der Waals surface area contributed by atoms with E-state index in [4.69, 9.17) is 0 Å². The SMILES string of the molecule is CC(=O)N(C)c1nnc(C)s1. The lowest BCUT2D eigenvalue weighted by Gasteiger charge is -2.07. The van der Waals surface area contributed by atoms with Gasteiger partial charge in [-0.2, -0.15) is 0 Å². The van der Waals surface area contributed by atoms with Crippen molar-refractivity contribution in [2.24, 2.45) is 0 Å². The van der Waals surface area contributed by atoms with Crippen LogP contribution in [-0.2, 0) is 4.79 Å². The number of anilines is 1. The van der Waals surface area contributed by atoms with Crippen LogP contribution in [0, 0.1) is 6.92 Å². The van der Waals surface area contributed by atoms with Gasteiger partial charge in [-0.1, -0.05) is 11.3 Å². The van der Waals surface area contributed by atoms with Gasteiger partial charge in [0.1, 0.15) is 5.01 Å². The molecule has 60 valence electrons. The molecule has 0 saturated heterocycles. The first-order chi connectivity index (χ1) is 5.11. The van der Waals surface area contributed by atoms with Crippen LogP contribution in [0.5, 0.6) is 0 Å². The van der Waals surface area contributed by atoms with Gasteiger partial charge in [-0.15, -0.1) is 10.2 Å². The summed E-state index contributed by atoms with van der Waals surface area (Å²) < 4.78 is 0. The Morgan fingerprint density at radius 2 is 2.18 bits per heavy atom. The molecular formula is C6H9N3OS. The van der Waals surface area contributed by atoms with E-state index in [0.717, 1.165) is 5.01 Å². The number of carbonyl (C=O) groups is 1. The van der Waals surface area contributed by atoms with Crippen molar-refractivity contribution < 1.29 is 4.79 Å². The summed E-state index contributed by atoms with van der Waals surface area (Å²) >= 11 is 1.41. The predicted molar refractivity (Wildman–Crippen MR) is 43.7 cm³/mol. The van der Waals surface area contributed by atoms with E-state index in [0.29, 0.717) is 5.13 Å². The molecule has 0 unspecified atom stereocenters. The number of nitrogens with zero attached hydrogens (tertiary/aromatic N) is 3. The Labute approximate surface area is 68.9 Å². The molecule has 1 aromatic heterocycles. The zero-order chi connectivity index (χ0) is 8.43. The van der Waals surface area contributed by atoms with Gasteiger partial charge < -0.3 is 0 Å². The highest BCUT2D eigenvalue weighted by molar-refractivity contribution is 7.15. The van der Waals surface area contributed by atoms with E-state index >= 15 is 0 Å². The lowest BCUT2D eigenvalue weighted by Crippen LogP contribution is -2.22. The van der Waals surface area contributed by atoms with E-state index in [1.54, 1.807) is 7.05 Å². The number of aromatic nitrogens is 2. The van der Waals surface area contributed by atoms with E-state index in [2.05, 4.69) is 10.2 Å². The molecule has 0 bridgehead atoms. The minimum absolute atomic E-state index is 0.0267. The summed E-state index contributed by atoms with van der Waals surface area (Å²) in [4.78, 5) is 12.3. The Bertz CT molecular complexity index is 271. The van der Waals surface area contributed by atoms with Crippen molar-refractivity contribution in [2.75, 3.05) is 11.9 Å². The summed E-state index contributed by atoms with van der Waals surface area (Å²) in [7, 11) is 1.68. The number of aryl methyl sites for hydroxylation is 1. The van der Waals surface area contributed by atoms with Crippen LogP contribution in [0.25, 0.3) is 0 Å². The Balaban J connectivity index is 2.84. The average Bonchev–Trinajstić information content (AvgIpc) is 2.34. The van der Waals surface area contributed by atoms with Gasteiger partial charge in [-0.05, 0) is 6.92 Å². The summed E-state index contributed by atoms with van der Waals surface area (Å²) in [6.07, 6.45) is 0. The van der Waals surface area contributed by atoms with Gasteiger partial charge in [0, 0.05) is 14.0 Å². The monoisotopic (exact) mass is 171 g/mol. The van der Waals surface area contributed by atoms with Gasteiger partial charge in [-0.25, -0.2) is 0 Å². The number of hydrogen-bond acceptors (Lipinski definition) is 4. The van der Waals surface area contributed by atoms with Crippen LogP contribution in [-0.4, -0.2) is 23.2 Å². The van der Waals surface area contributed by atoms with E-state index in [-0.39, 0.29) is 5.91 Å². The van der Waals surface area contributed by atoms with Crippen molar-refractivity contribution in [1.29, 1.82) is 0 Å². The molecule has 11 heavy (non-hydrogen) atoms. The second-order valence-corrected chi connectivity index (χ2v) is 3.34. The first-order valence-corrected chi connectivity index (χ1v) is 3.97. The summed E-state index contributed by atoms with van der Waals surface area (Å²) in [5.41, 5.74) is 0. The molecule has 0 N–H and O–H groups in total. The molecule has 1 aromatic rings. The van der Waals surface area contributed by atoms with Crippen molar-refractivity contribution in [1.82, 2.24) is 10.2 Å². The maximum atomic E-state index is 10.8. The van der Waals surface area contributed by atoms with Gasteiger partial charge in [0.2, 0.25) is 11.0 Å². The quantitative estimate of drug-likeness (QED) is 0.628. The minimum atomic E-state index is -0.0267. The maximum Gasteiger partial charge on any atom is 0.225 e. The topological polar surface area (TPSA) is 46.1 Å². The first kappa shape index (κ1) is 8.13. The molecule has 0 aliphatic carbocycles. The van der Waals surface area contributed by atoms with E-state index in [1.165, 1.54) is 23.2 Å². The molecule has 4 nitrogen and oxygen atoms in total. The van der Waals surface area contributed by atoms with Gasteiger partial charge in [0.05, 0.1) is 0 Å². The fourth-order valence-electron chi connectivity index (χ4n) is 0.556. The van der Waals surface area contributed by atoms with Crippen LogP contribution >= 0.6 is 11.3 Å². The maximum absolute atomic E-state index is 10.8. The Morgan fingerprint density at radius 3 is 2.55 bits per heavy atom. The largest absolute Gasteiger partial charge is 0.290 e. The van der Waals surface area contributed by atoms with Crippen LogP contribution < -0.4 is 4.90 Å². The molecule has 0 aromatic carbocycles. The van der Waals surface area contributed by atoms with Crippen LogP contribution in [0.2, 0.25) is 0 Å². The smallest absolute Gasteiger partial charge is 0.225 e. The van der Waals surface area contributed by atoms with Crippen molar-refractivity contribution in [3.8, 4) is 0 Å². The molecule has 0 radical (unpaired) electrons. The number of hydrogen-bond donors (Lipinski definition) is 0. The first-order valence-electron chi connectivity index (χ1n) is 3.15. The summed E-state index contributed by atoms with van der Waals surface area (Å²) in [5.74, 6) is -0.0267. The molecular weight excluding hydrogens is 162 g/mol. The van der Waals surface area contributed by atoms with Crippen LogP contribution in [0.15, 0.2) is 0 Å². The molecule has 0 saturated carbocycles. The highest BCUT2D eigenvalue weighted by atomic mass is 32.1. The molecule has 0 aliphatic rings. The molecule has 5 heteroatoms. The summed E-state index contributed by atoms with van der Waals surface area (Å²) in [6, 6.07) is 0. The van der Waals surface area contributed by atoms with Crippen molar-refractivity contribution in [2.45, 2.75) is 13.8 Å². The summed E-state index contributed by atoms with van der Waals surface area (Å²) in [6.45, 7) is 3.35.